The number of ether oxygens (including phenoxy) is 1. The van der Waals surface area contributed by atoms with Gasteiger partial charge in [-0.15, -0.1) is 0 Å². The minimum Gasteiger partial charge on any atom is -0.492 e. The summed E-state index contributed by atoms with van der Waals surface area (Å²) in [5.74, 6) is 1.60. The first-order valence-corrected chi connectivity index (χ1v) is 7.03. The van der Waals surface area contributed by atoms with E-state index in [4.69, 9.17) is 9.26 Å². The molecule has 1 aromatic heterocycles. The van der Waals surface area contributed by atoms with Gasteiger partial charge in [-0.25, -0.2) is 0 Å². The molecule has 0 saturated carbocycles. The third kappa shape index (κ3) is 4.63. The number of carbonyl (C=O) groups is 1. The van der Waals surface area contributed by atoms with E-state index in [0.29, 0.717) is 26.0 Å². The number of para-hydroxylation sites is 1. The van der Waals surface area contributed by atoms with Crippen molar-refractivity contribution in [2.24, 2.45) is 0 Å². The van der Waals surface area contributed by atoms with Crippen LogP contribution in [0.4, 0.5) is 0 Å². The van der Waals surface area contributed by atoms with Gasteiger partial charge in [-0.05, 0) is 32.4 Å². The molecule has 0 saturated heterocycles. The van der Waals surface area contributed by atoms with Crippen LogP contribution in [0.25, 0.3) is 0 Å². The molecule has 2 aromatic rings. The van der Waals surface area contributed by atoms with Gasteiger partial charge in [0.25, 0.3) is 0 Å². The van der Waals surface area contributed by atoms with Gasteiger partial charge in [0.2, 0.25) is 5.91 Å². The highest BCUT2D eigenvalue weighted by Crippen LogP contribution is 2.14. The number of rotatable bonds is 7. The Morgan fingerprint density at radius 2 is 2.05 bits per heavy atom. The van der Waals surface area contributed by atoms with Gasteiger partial charge in [-0.2, -0.15) is 0 Å². The Hall–Kier alpha value is -2.30. The number of carbonyl (C=O) groups excluding carboxylic acids is 1. The van der Waals surface area contributed by atoms with Gasteiger partial charge in [0.1, 0.15) is 18.1 Å². The SMILES string of the molecule is Cc1noc(C)c1CCC(=O)NCCOc1ccccc1. The van der Waals surface area contributed by atoms with E-state index in [9.17, 15) is 4.79 Å². The number of nitrogens with zero attached hydrogens (tertiary/aromatic N) is 1. The van der Waals surface area contributed by atoms with E-state index in [0.717, 1.165) is 22.8 Å². The summed E-state index contributed by atoms with van der Waals surface area (Å²) < 4.78 is 10.6. The summed E-state index contributed by atoms with van der Waals surface area (Å²) >= 11 is 0. The highest BCUT2D eigenvalue weighted by Gasteiger charge is 2.10. The van der Waals surface area contributed by atoms with E-state index in [1.807, 2.05) is 44.2 Å². The van der Waals surface area contributed by atoms with Crippen LogP contribution in [-0.4, -0.2) is 24.2 Å². The predicted molar refractivity (Wildman–Crippen MR) is 79.2 cm³/mol. The highest BCUT2D eigenvalue weighted by molar-refractivity contribution is 5.76. The Morgan fingerprint density at radius 3 is 2.71 bits per heavy atom. The molecular weight excluding hydrogens is 268 g/mol. The van der Waals surface area contributed by atoms with Crippen LogP contribution in [0.2, 0.25) is 0 Å². The molecule has 1 N–H and O–H groups in total. The minimum absolute atomic E-state index is 0.00617. The van der Waals surface area contributed by atoms with Crippen molar-refractivity contribution in [3.8, 4) is 5.75 Å². The predicted octanol–water partition coefficient (Wildman–Crippen LogP) is 2.42. The Balaban J connectivity index is 1.64. The highest BCUT2D eigenvalue weighted by atomic mass is 16.5. The lowest BCUT2D eigenvalue weighted by Crippen LogP contribution is -2.28. The van der Waals surface area contributed by atoms with Crippen molar-refractivity contribution in [1.29, 1.82) is 0 Å². The van der Waals surface area contributed by atoms with Crippen LogP contribution in [0, 0.1) is 13.8 Å². The molecule has 112 valence electrons. The maximum Gasteiger partial charge on any atom is 0.220 e. The molecule has 0 bridgehead atoms. The normalized spacial score (nSPS) is 10.4. The van der Waals surface area contributed by atoms with Crippen molar-refractivity contribution in [3.05, 3.63) is 47.3 Å². The number of hydrogen-bond donors (Lipinski definition) is 1. The average molecular weight is 288 g/mol. The van der Waals surface area contributed by atoms with Gasteiger partial charge in [0, 0.05) is 12.0 Å². The largest absolute Gasteiger partial charge is 0.492 e. The monoisotopic (exact) mass is 288 g/mol. The minimum atomic E-state index is 0.00617. The Labute approximate surface area is 124 Å². The molecule has 0 fully saturated rings. The van der Waals surface area contributed by atoms with Gasteiger partial charge in [-0.1, -0.05) is 23.4 Å². The summed E-state index contributed by atoms with van der Waals surface area (Å²) in [6.07, 6.45) is 1.07. The first kappa shape index (κ1) is 15.1. The Morgan fingerprint density at radius 1 is 1.29 bits per heavy atom. The molecule has 1 amide bonds. The number of aromatic nitrogens is 1. The lowest BCUT2D eigenvalue weighted by Gasteiger charge is -2.07. The lowest BCUT2D eigenvalue weighted by atomic mass is 10.1. The van der Waals surface area contributed by atoms with Crippen LogP contribution < -0.4 is 10.1 Å². The lowest BCUT2D eigenvalue weighted by molar-refractivity contribution is -0.121. The van der Waals surface area contributed by atoms with E-state index in [1.54, 1.807) is 0 Å². The van der Waals surface area contributed by atoms with Crippen molar-refractivity contribution < 1.29 is 14.1 Å². The standard InChI is InChI=1S/C16H20N2O3/c1-12-15(13(2)21-18-12)8-9-16(19)17-10-11-20-14-6-4-3-5-7-14/h3-7H,8-11H2,1-2H3,(H,17,19). The van der Waals surface area contributed by atoms with Crippen LogP contribution in [0.1, 0.15) is 23.4 Å². The third-order valence-corrected chi connectivity index (χ3v) is 3.22. The molecule has 2 rings (SSSR count). The molecule has 0 unspecified atom stereocenters. The Bertz CT molecular complexity index is 559. The molecule has 0 aliphatic carbocycles. The molecule has 5 heteroatoms. The number of hydrogen-bond acceptors (Lipinski definition) is 4. The average Bonchev–Trinajstić information content (AvgIpc) is 2.81. The quantitative estimate of drug-likeness (QED) is 0.795. The molecule has 1 heterocycles. The molecule has 21 heavy (non-hydrogen) atoms. The first-order chi connectivity index (χ1) is 10.2. The number of benzene rings is 1. The maximum atomic E-state index is 11.8. The fourth-order valence-electron chi connectivity index (χ4n) is 2.06. The van der Waals surface area contributed by atoms with Crippen LogP contribution in [0.3, 0.4) is 0 Å². The van der Waals surface area contributed by atoms with Crippen molar-refractivity contribution in [1.82, 2.24) is 10.5 Å². The van der Waals surface area contributed by atoms with Gasteiger partial charge in [0.05, 0.1) is 12.2 Å². The third-order valence-electron chi connectivity index (χ3n) is 3.22. The summed E-state index contributed by atoms with van der Waals surface area (Å²) in [5, 5.41) is 6.72. The molecule has 1 aromatic carbocycles. The summed E-state index contributed by atoms with van der Waals surface area (Å²) in [6, 6.07) is 9.54. The smallest absolute Gasteiger partial charge is 0.220 e. The van der Waals surface area contributed by atoms with E-state index in [2.05, 4.69) is 10.5 Å². The van der Waals surface area contributed by atoms with Crippen molar-refractivity contribution >= 4 is 5.91 Å². The van der Waals surface area contributed by atoms with Crippen molar-refractivity contribution in [3.63, 3.8) is 0 Å². The van der Waals surface area contributed by atoms with Crippen LogP contribution >= 0.6 is 0 Å². The topological polar surface area (TPSA) is 64.4 Å². The molecular formula is C16H20N2O3. The van der Waals surface area contributed by atoms with Gasteiger partial charge < -0.3 is 14.6 Å². The van der Waals surface area contributed by atoms with E-state index < -0.39 is 0 Å². The summed E-state index contributed by atoms with van der Waals surface area (Å²) in [5.41, 5.74) is 1.87. The summed E-state index contributed by atoms with van der Waals surface area (Å²) in [4.78, 5) is 11.8. The van der Waals surface area contributed by atoms with Gasteiger partial charge in [-0.3, -0.25) is 4.79 Å². The number of amides is 1. The zero-order chi connectivity index (χ0) is 15.1. The van der Waals surface area contributed by atoms with E-state index in [1.165, 1.54) is 0 Å². The second kappa shape index (κ2) is 7.47. The molecule has 5 nitrogen and oxygen atoms in total. The van der Waals surface area contributed by atoms with Gasteiger partial charge >= 0.3 is 0 Å². The number of nitrogens with one attached hydrogen (secondary N) is 1. The summed E-state index contributed by atoms with van der Waals surface area (Å²) in [7, 11) is 0. The Kier molecular flexibility index (Phi) is 5.37. The van der Waals surface area contributed by atoms with E-state index >= 15 is 0 Å². The second-order valence-electron chi connectivity index (χ2n) is 4.81. The van der Waals surface area contributed by atoms with E-state index in [-0.39, 0.29) is 5.91 Å². The summed E-state index contributed by atoms with van der Waals surface area (Å²) in [6.45, 7) is 4.70. The second-order valence-corrected chi connectivity index (χ2v) is 4.81. The molecule has 0 spiro atoms. The molecule has 0 aliphatic rings. The fraction of sp³-hybridized carbons (Fsp3) is 0.375. The van der Waals surface area contributed by atoms with Crippen molar-refractivity contribution in [2.45, 2.75) is 26.7 Å². The van der Waals surface area contributed by atoms with Crippen LogP contribution in [0.5, 0.6) is 5.75 Å². The number of aryl methyl sites for hydroxylation is 2. The van der Waals surface area contributed by atoms with Crippen LogP contribution in [-0.2, 0) is 11.2 Å². The molecule has 0 aliphatic heterocycles. The van der Waals surface area contributed by atoms with Gasteiger partial charge in [0.15, 0.2) is 0 Å². The first-order valence-electron chi connectivity index (χ1n) is 7.03. The van der Waals surface area contributed by atoms with Crippen molar-refractivity contribution in [2.75, 3.05) is 13.2 Å². The molecule has 0 atom stereocenters. The molecule has 0 radical (unpaired) electrons. The fourth-order valence-corrected chi connectivity index (χ4v) is 2.06. The maximum absolute atomic E-state index is 11.8. The van der Waals surface area contributed by atoms with Crippen LogP contribution in [0.15, 0.2) is 34.9 Å². The zero-order valence-electron chi connectivity index (χ0n) is 12.4. The zero-order valence-corrected chi connectivity index (χ0v) is 12.4.